The number of amides is 1. The van der Waals surface area contributed by atoms with Crippen LogP contribution in [0.3, 0.4) is 0 Å². The first-order valence-corrected chi connectivity index (χ1v) is 9.55. The van der Waals surface area contributed by atoms with Gasteiger partial charge in [-0.15, -0.1) is 11.3 Å². The second kappa shape index (κ2) is 6.59. The number of nitrogens with zero attached hydrogens (tertiary/aromatic N) is 2. The standard InChI is InChI=1S/C19H14FN3OS2/c1-10-4-3-5-14-15(10)22-19(25-14)23-17(24)16-11(2)21-18(26-16)12-6-8-13(20)9-7-12/h3-9H,1-2H3,(H,22,23,24). The number of thiazole rings is 2. The largest absolute Gasteiger partial charge is 0.297 e. The molecule has 0 saturated carbocycles. The molecule has 2 aromatic heterocycles. The molecular formula is C19H14FN3OS2. The van der Waals surface area contributed by atoms with Crippen LogP contribution in [-0.4, -0.2) is 15.9 Å². The SMILES string of the molecule is Cc1nc(-c2ccc(F)cc2)sc1C(=O)Nc1nc2c(C)cccc2s1. The molecule has 0 bridgehead atoms. The van der Waals surface area contributed by atoms with Crippen molar-refractivity contribution in [1.29, 1.82) is 0 Å². The molecule has 0 aliphatic carbocycles. The Morgan fingerprint density at radius 2 is 1.81 bits per heavy atom. The van der Waals surface area contributed by atoms with Gasteiger partial charge in [-0.3, -0.25) is 10.1 Å². The lowest BCUT2D eigenvalue weighted by atomic mass is 10.2. The van der Waals surface area contributed by atoms with Crippen LogP contribution in [0, 0.1) is 19.7 Å². The molecule has 0 aliphatic heterocycles. The van der Waals surface area contributed by atoms with E-state index in [4.69, 9.17) is 0 Å². The van der Waals surface area contributed by atoms with Crippen molar-refractivity contribution >= 4 is 43.9 Å². The number of benzene rings is 2. The number of nitrogens with one attached hydrogen (secondary N) is 1. The first-order valence-electron chi connectivity index (χ1n) is 7.92. The van der Waals surface area contributed by atoms with Crippen LogP contribution in [0.4, 0.5) is 9.52 Å². The summed E-state index contributed by atoms with van der Waals surface area (Å²) in [6.07, 6.45) is 0. The average Bonchev–Trinajstić information content (AvgIpc) is 3.20. The monoisotopic (exact) mass is 383 g/mol. The molecule has 0 radical (unpaired) electrons. The zero-order valence-electron chi connectivity index (χ0n) is 14.0. The Balaban J connectivity index is 1.61. The first-order chi connectivity index (χ1) is 12.5. The maximum Gasteiger partial charge on any atom is 0.269 e. The Labute approximate surface area is 157 Å². The molecular weight excluding hydrogens is 369 g/mol. The summed E-state index contributed by atoms with van der Waals surface area (Å²) >= 11 is 2.73. The average molecular weight is 383 g/mol. The van der Waals surface area contributed by atoms with Crippen molar-refractivity contribution in [2.75, 3.05) is 5.32 Å². The van der Waals surface area contributed by atoms with Crippen LogP contribution in [0.2, 0.25) is 0 Å². The second-order valence-corrected chi connectivity index (χ2v) is 7.86. The molecule has 0 atom stereocenters. The summed E-state index contributed by atoms with van der Waals surface area (Å²) in [4.78, 5) is 22.1. The van der Waals surface area contributed by atoms with Crippen LogP contribution in [0.15, 0.2) is 42.5 Å². The Bertz CT molecular complexity index is 1120. The van der Waals surface area contributed by atoms with Gasteiger partial charge in [0.2, 0.25) is 0 Å². The van der Waals surface area contributed by atoms with Crippen molar-refractivity contribution in [1.82, 2.24) is 9.97 Å². The molecule has 1 amide bonds. The number of carbonyl (C=O) groups excluding carboxylic acids is 1. The Morgan fingerprint density at radius 3 is 2.54 bits per heavy atom. The summed E-state index contributed by atoms with van der Waals surface area (Å²) in [5.41, 5.74) is 3.41. The van der Waals surface area contributed by atoms with E-state index in [0.717, 1.165) is 21.3 Å². The summed E-state index contributed by atoms with van der Waals surface area (Å²) in [5, 5.41) is 4.12. The minimum atomic E-state index is -0.300. The number of halogens is 1. The van der Waals surface area contributed by atoms with E-state index in [-0.39, 0.29) is 11.7 Å². The van der Waals surface area contributed by atoms with E-state index in [0.29, 0.717) is 20.7 Å². The van der Waals surface area contributed by atoms with Crippen LogP contribution in [0.5, 0.6) is 0 Å². The summed E-state index contributed by atoms with van der Waals surface area (Å²) in [5.74, 6) is -0.531. The molecule has 1 N–H and O–H groups in total. The van der Waals surface area contributed by atoms with Gasteiger partial charge in [0.1, 0.15) is 15.7 Å². The molecule has 2 aromatic carbocycles. The summed E-state index contributed by atoms with van der Waals surface area (Å²) in [7, 11) is 0. The molecule has 7 heteroatoms. The van der Waals surface area contributed by atoms with E-state index in [1.165, 1.54) is 34.8 Å². The van der Waals surface area contributed by atoms with Gasteiger partial charge in [0, 0.05) is 5.56 Å². The molecule has 0 fully saturated rings. The van der Waals surface area contributed by atoms with Crippen LogP contribution in [0.25, 0.3) is 20.8 Å². The molecule has 130 valence electrons. The Morgan fingerprint density at radius 1 is 1.04 bits per heavy atom. The fourth-order valence-corrected chi connectivity index (χ4v) is 4.52. The highest BCUT2D eigenvalue weighted by Crippen LogP contribution is 2.31. The highest BCUT2D eigenvalue weighted by atomic mass is 32.1. The predicted molar refractivity (Wildman–Crippen MR) is 105 cm³/mol. The zero-order valence-corrected chi connectivity index (χ0v) is 15.7. The highest BCUT2D eigenvalue weighted by Gasteiger charge is 2.18. The van der Waals surface area contributed by atoms with Crippen LogP contribution in [0.1, 0.15) is 20.9 Å². The lowest BCUT2D eigenvalue weighted by molar-refractivity contribution is 0.103. The predicted octanol–water partition coefficient (Wildman–Crippen LogP) is 5.43. The number of rotatable bonds is 3. The third-order valence-corrected chi connectivity index (χ3v) is 6.08. The maximum atomic E-state index is 13.1. The summed E-state index contributed by atoms with van der Waals surface area (Å²) in [6.45, 7) is 3.79. The van der Waals surface area contributed by atoms with E-state index in [1.54, 1.807) is 19.1 Å². The number of para-hydroxylation sites is 1. The lowest BCUT2D eigenvalue weighted by Gasteiger charge is -1.98. The van der Waals surface area contributed by atoms with E-state index in [2.05, 4.69) is 15.3 Å². The van der Waals surface area contributed by atoms with E-state index in [1.807, 2.05) is 25.1 Å². The van der Waals surface area contributed by atoms with Gasteiger partial charge < -0.3 is 0 Å². The zero-order chi connectivity index (χ0) is 18.3. The third kappa shape index (κ3) is 3.11. The number of fused-ring (bicyclic) bond motifs is 1. The van der Waals surface area contributed by atoms with Crippen molar-refractivity contribution in [2.45, 2.75) is 13.8 Å². The van der Waals surface area contributed by atoms with E-state index >= 15 is 0 Å². The minimum Gasteiger partial charge on any atom is -0.297 e. The van der Waals surface area contributed by atoms with Gasteiger partial charge in [0.25, 0.3) is 5.91 Å². The van der Waals surface area contributed by atoms with Crippen LogP contribution in [-0.2, 0) is 0 Å². The van der Waals surface area contributed by atoms with E-state index < -0.39 is 0 Å². The number of hydrogen-bond donors (Lipinski definition) is 1. The smallest absolute Gasteiger partial charge is 0.269 e. The summed E-state index contributed by atoms with van der Waals surface area (Å²) in [6, 6.07) is 12.0. The topological polar surface area (TPSA) is 54.9 Å². The van der Waals surface area contributed by atoms with Crippen molar-refractivity contribution in [3.05, 3.63) is 64.4 Å². The lowest BCUT2D eigenvalue weighted by Crippen LogP contribution is -2.11. The molecule has 26 heavy (non-hydrogen) atoms. The maximum absolute atomic E-state index is 13.1. The molecule has 0 unspecified atom stereocenters. The number of aryl methyl sites for hydroxylation is 2. The minimum absolute atomic E-state index is 0.231. The Kier molecular flexibility index (Phi) is 4.26. The van der Waals surface area contributed by atoms with Gasteiger partial charge in [-0.1, -0.05) is 23.5 Å². The molecule has 0 saturated heterocycles. The number of hydrogen-bond acceptors (Lipinski definition) is 5. The normalized spacial score (nSPS) is 11.0. The molecule has 4 rings (SSSR count). The van der Waals surface area contributed by atoms with Crippen molar-refractivity contribution in [3.8, 4) is 10.6 Å². The van der Waals surface area contributed by atoms with Crippen molar-refractivity contribution in [2.24, 2.45) is 0 Å². The van der Waals surface area contributed by atoms with Crippen molar-refractivity contribution < 1.29 is 9.18 Å². The number of aromatic nitrogens is 2. The Hall–Kier alpha value is -2.64. The van der Waals surface area contributed by atoms with E-state index in [9.17, 15) is 9.18 Å². The molecule has 4 nitrogen and oxygen atoms in total. The molecule has 4 aromatic rings. The number of carbonyl (C=O) groups is 1. The van der Waals surface area contributed by atoms with Crippen LogP contribution >= 0.6 is 22.7 Å². The van der Waals surface area contributed by atoms with Gasteiger partial charge in [-0.25, -0.2) is 14.4 Å². The fourth-order valence-electron chi connectivity index (χ4n) is 2.62. The second-order valence-electron chi connectivity index (χ2n) is 5.84. The highest BCUT2D eigenvalue weighted by molar-refractivity contribution is 7.22. The third-order valence-electron chi connectivity index (χ3n) is 3.94. The quantitative estimate of drug-likeness (QED) is 0.513. The van der Waals surface area contributed by atoms with Gasteiger partial charge >= 0.3 is 0 Å². The van der Waals surface area contributed by atoms with Gasteiger partial charge in [0.15, 0.2) is 5.13 Å². The fraction of sp³-hybridized carbons (Fsp3) is 0.105. The van der Waals surface area contributed by atoms with Gasteiger partial charge in [-0.2, -0.15) is 0 Å². The first kappa shape index (κ1) is 16.8. The van der Waals surface area contributed by atoms with Gasteiger partial charge in [-0.05, 0) is 49.7 Å². The number of anilines is 1. The van der Waals surface area contributed by atoms with Crippen LogP contribution < -0.4 is 5.32 Å². The van der Waals surface area contributed by atoms with Crippen molar-refractivity contribution in [3.63, 3.8) is 0 Å². The molecule has 2 heterocycles. The molecule has 0 aliphatic rings. The summed E-state index contributed by atoms with van der Waals surface area (Å²) < 4.78 is 14.1. The van der Waals surface area contributed by atoms with Gasteiger partial charge in [0.05, 0.1) is 15.9 Å². The molecule has 0 spiro atoms.